The number of nitriles is 1. The van der Waals surface area contributed by atoms with E-state index in [2.05, 4.69) is 16.3 Å². The van der Waals surface area contributed by atoms with Crippen molar-refractivity contribution in [2.24, 2.45) is 0 Å². The first-order chi connectivity index (χ1) is 16.5. The van der Waals surface area contributed by atoms with Gasteiger partial charge >= 0.3 is 0 Å². The zero-order valence-electron chi connectivity index (χ0n) is 18.6. The predicted molar refractivity (Wildman–Crippen MR) is 118 cm³/mol. The van der Waals surface area contributed by atoms with Crippen molar-refractivity contribution in [1.82, 2.24) is 29.3 Å². The van der Waals surface area contributed by atoms with Crippen LogP contribution in [0, 0.1) is 24.2 Å². The molecule has 0 amide bonds. The van der Waals surface area contributed by atoms with Gasteiger partial charge in [0, 0.05) is 23.9 Å². The predicted octanol–water partition coefficient (Wildman–Crippen LogP) is 2.46. The Morgan fingerprint density at radius 3 is 2.85 bits per heavy atom. The van der Waals surface area contributed by atoms with Crippen LogP contribution in [-0.2, 0) is 13.1 Å². The second kappa shape index (κ2) is 8.64. The summed E-state index contributed by atoms with van der Waals surface area (Å²) in [5, 5.41) is 28.9. The van der Waals surface area contributed by atoms with Gasteiger partial charge in [0.1, 0.15) is 24.3 Å². The number of rotatable bonds is 6. The van der Waals surface area contributed by atoms with Crippen LogP contribution in [0.25, 0.3) is 16.8 Å². The van der Waals surface area contributed by atoms with Gasteiger partial charge in [-0.1, -0.05) is 0 Å². The number of ether oxygens (including phenoxy) is 2. The Balaban J connectivity index is 1.51. The molecule has 0 fully saturated rings. The number of pyridine rings is 2. The second-order valence-electron chi connectivity index (χ2n) is 7.99. The molecule has 0 radical (unpaired) electrons. The fourth-order valence-electron chi connectivity index (χ4n) is 4.09. The van der Waals surface area contributed by atoms with E-state index in [0.717, 1.165) is 28.7 Å². The highest BCUT2D eigenvalue weighted by Gasteiger charge is 2.24. The molecule has 1 N–H and O–H groups in total. The van der Waals surface area contributed by atoms with Crippen LogP contribution in [-0.4, -0.2) is 54.6 Å². The van der Waals surface area contributed by atoms with E-state index in [1.54, 1.807) is 22.7 Å². The van der Waals surface area contributed by atoms with Crippen molar-refractivity contribution < 1.29 is 19.0 Å². The van der Waals surface area contributed by atoms with Crippen LogP contribution >= 0.6 is 0 Å². The van der Waals surface area contributed by atoms with Gasteiger partial charge in [0.25, 0.3) is 0 Å². The lowest BCUT2D eigenvalue weighted by atomic mass is 10.1. The lowest BCUT2D eigenvalue weighted by molar-refractivity contribution is 0.105. The molecule has 0 saturated carbocycles. The number of nitrogens with zero attached hydrogens (tertiary/aromatic N) is 7. The molecule has 0 saturated heterocycles. The third-order valence-electron chi connectivity index (χ3n) is 5.91. The fourth-order valence-corrected chi connectivity index (χ4v) is 4.09. The Morgan fingerprint density at radius 1 is 1.26 bits per heavy atom. The second-order valence-corrected chi connectivity index (χ2v) is 7.99. The van der Waals surface area contributed by atoms with Gasteiger partial charge in [-0.15, -0.1) is 0 Å². The number of halogens is 1. The van der Waals surface area contributed by atoms with Crippen LogP contribution in [0.4, 0.5) is 4.39 Å². The van der Waals surface area contributed by atoms with E-state index in [0.29, 0.717) is 42.3 Å². The van der Waals surface area contributed by atoms with Crippen molar-refractivity contribution >= 4 is 5.52 Å². The van der Waals surface area contributed by atoms with Crippen molar-refractivity contribution in [1.29, 1.82) is 5.26 Å². The third kappa shape index (κ3) is 3.78. The summed E-state index contributed by atoms with van der Waals surface area (Å²) in [6.45, 7) is 3.62. The van der Waals surface area contributed by atoms with E-state index in [-0.39, 0.29) is 6.61 Å². The van der Waals surface area contributed by atoms with Crippen molar-refractivity contribution in [3.8, 4) is 28.9 Å². The molecule has 1 aliphatic rings. The number of aliphatic hydroxyl groups excluding tert-OH is 1. The maximum absolute atomic E-state index is 13.2. The minimum atomic E-state index is -1.06. The normalized spacial score (nSPS) is 14.0. The first kappa shape index (κ1) is 21.7. The molecule has 34 heavy (non-hydrogen) atoms. The minimum Gasteiger partial charge on any atom is -0.493 e. The average molecular weight is 463 g/mol. The van der Waals surface area contributed by atoms with E-state index in [9.17, 15) is 14.8 Å². The summed E-state index contributed by atoms with van der Waals surface area (Å²) < 4.78 is 28.2. The summed E-state index contributed by atoms with van der Waals surface area (Å²) in [6, 6.07) is 4.48. The molecule has 1 aliphatic heterocycles. The lowest BCUT2D eigenvalue weighted by Gasteiger charge is -2.22. The van der Waals surface area contributed by atoms with Gasteiger partial charge in [-0.25, -0.2) is 8.91 Å². The molecule has 1 unspecified atom stereocenters. The van der Waals surface area contributed by atoms with Crippen LogP contribution < -0.4 is 9.47 Å². The highest BCUT2D eigenvalue weighted by Crippen LogP contribution is 2.35. The highest BCUT2D eigenvalue weighted by atomic mass is 19.1. The molecule has 5 heterocycles. The lowest BCUT2D eigenvalue weighted by Crippen LogP contribution is -2.30. The molecule has 5 rings (SSSR count). The molecule has 4 aromatic heterocycles. The van der Waals surface area contributed by atoms with Crippen LogP contribution in [0.5, 0.6) is 11.5 Å². The van der Waals surface area contributed by atoms with Crippen molar-refractivity contribution in [2.45, 2.75) is 26.1 Å². The number of fused-ring (bicyclic) bond motifs is 2. The topological polar surface area (TPSA) is 114 Å². The summed E-state index contributed by atoms with van der Waals surface area (Å²) in [4.78, 5) is 5.62. The van der Waals surface area contributed by atoms with Gasteiger partial charge in [-0.05, 0) is 25.1 Å². The average Bonchev–Trinajstić information content (AvgIpc) is 3.43. The zero-order valence-corrected chi connectivity index (χ0v) is 18.6. The summed E-state index contributed by atoms with van der Waals surface area (Å²) in [6.07, 6.45) is 5.62. The van der Waals surface area contributed by atoms with Gasteiger partial charge in [0.15, 0.2) is 17.5 Å². The zero-order chi connectivity index (χ0) is 23.8. The van der Waals surface area contributed by atoms with Gasteiger partial charge in [-0.2, -0.15) is 15.5 Å². The van der Waals surface area contributed by atoms with Gasteiger partial charge in [-0.3, -0.25) is 9.67 Å². The third-order valence-corrected chi connectivity index (χ3v) is 5.91. The summed E-state index contributed by atoms with van der Waals surface area (Å²) in [5.41, 5.74) is 4.39. The molecule has 174 valence electrons. The summed E-state index contributed by atoms with van der Waals surface area (Å²) >= 11 is 0. The van der Waals surface area contributed by atoms with Crippen LogP contribution in [0.2, 0.25) is 0 Å². The number of hydrogen-bond acceptors (Lipinski definition) is 8. The number of methoxy groups -OCH3 is 1. The molecule has 0 bridgehead atoms. The van der Waals surface area contributed by atoms with E-state index in [1.807, 2.05) is 23.9 Å². The highest BCUT2D eigenvalue weighted by molar-refractivity contribution is 5.75. The molecule has 0 spiro atoms. The Kier molecular flexibility index (Phi) is 5.51. The van der Waals surface area contributed by atoms with Crippen LogP contribution in [0.3, 0.4) is 0 Å². The van der Waals surface area contributed by atoms with Crippen LogP contribution in [0.1, 0.15) is 23.1 Å². The molecule has 10 nitrogen and oxygen atoms in total. The van der Waals surface area contributed by atoms with Crippen molar-refractivity contribution in [3.05, 3.63) is 59.6 Å². The van der Waals surface area contributed by atoms with Crippen molar-refractivity contribution in [2.75, 3.05) is 20.3 Å². The van der Waals surface area contributed by atoms with Gasteiger partial charge in [0.05, 0.1) is 49.7 Å². The fraction of sp³-hybridized carbons (Fsp3) is 0.304. The number of aromatic nitrogens is 5. The first-order valence-electron chi connectivity index (χ1n) is 10.7. The first-order valence-corrected chi connectivity index (χ1v) is 10.7. The molecule has 0 aliphatic carbocycles. The Hall–Kier alpha value is -4.17. The Labute approximate surface area is 194 Å². The monoisotopic (exact) mass is 463 g/mol. The molecule has 4 aromatic rings. The summed E-state index contributed by atoms with van der Waals surface area (Å²) in [5.74, 6) is 0.477. The standard InChI is InChI=1S/C23H22FN7O3/c1-14-18-11-29(13-25)5-6-30(18)28-22(14)15-7-20(23-21(33-2)9-27-31(23)10-15)34-12-19(32)17-4-3-16(24)8-26-17/h3-4,7-10,19,32H,5-6,11-12H2,1-2H3. The van der Waals surface area contributed by atoms with E-state index in [1.165, 1.54) is 12.1 Å². The molecule has 0 aromatic carbocycles. The van der Waals surface area contributed by atoms with E-state index < -0.39 is 11.9 Å². The van der Waals surface area contributed by atoms with E-state index >= 15 is 0 Å². The largest absolute Gasteiger partial charge is 0.493 e. The number of hydrogen-bond donors (Lipinski definition) is 1. The molecular weight excluding hydrogens is 441 g/mol. The quantitative estimate of drug-likeness (QED) is 0.434. The minimum absolute atomic E-state index is 0.109. The smallest absolute Gasteiger partial charge is 0.179 e. The van der Waals surface area contributed by atoms with E-state index in [4.69, 9.17) is 14.6 Å². The van der Waals surface area contributed by atoms with Crippen molar-refractivity contribution in [3.63, 3.8) is 0 Å². The maximum Gasteiger partial charge on any atom is 0.179 e. The Morgan fingerprint density at radius 2 is 2.12 bits per heavy atom. The Bertz CT molecular complexity index is 1390. The molecular formula is C23H22FN7O3. The van der Waals surface area contributed by atoms with Gasteiger partial charge in [0.2, 0.25) is 0 Å². The molecule has 11 heteroatoms. The van der Waals surface area contributed by atoms with Crippen LogP contribution in [0.15, 0.2) is 36.8 Å². The molecule has 1 atom stereocenters. The summed E-state index contributed by atoms with van der Waals surface area (Å²) in [7, 11) is 1.54. The SMILES string of the molecule is COc1cnn2cc(-c3nn4c(c3C)CN(C#N)CC4)cc(OCC(O)c3ccc(F)cn3)c12. The van der Waals surface area contributed by atoms with Gasteiger partial charge < -0.3 is 19.5 Å². The number of aliphatic hydroxyl groups is 1. The maximum atomic E-state index is 13.2.